The molecule has 4 rings (SSSR count). The number of hydrogen-bond acceptors (Lipinski definition) is 5. The summed E-state index contributed by atoms with van der Waals surface area (Å²) < 4.78 is 0. The highest BCUT2D eigenvalue weighted by molar-refractivity contribution is 7.09. The molecule has 1 aliphatic heterocycles. The lowest BCUT2D eigenvalue weighted by molar-refractivity contribution is -0.138. The van der Waals surface area contributed by atoms with E-state index in [1.165, 1.54) is 11.1 Å². The van der Waals surface area contributed by atoms with Gasteiger partial charge in [0.15, 0.2) is 0 Å². The second-order valence-electron chi connectivity index (χ2n) is 9.57. The van der Waals surface area contributed by atoms with E-state index in [1.807, 2.05) is 30.9 Å². The van der Waals surface area contributed by atoms with Crippen molar-refractivity contribution in [1.29, 1.82) is 0 Å². The number of carbonyl (C=O) groups excluding carboxylic acids is 2. The van der Waals surface area contributed by atoms with Crippen LogP contribution < -0.4 is 11.1 Å². The van der Waals surface area contributed by atoms with E-state index in [2.05, 4.69) is 59.2 Å². The standard InChI is InChI=1S/C28H34N4O2S/c1-18(2)25(31-26(33)19(3)29)28(34)32-16-10-15-23(32)27-30-22(17-35-27)24(20-11-6-4-7-12-20)21-13-8-5-9-14-21/h4-9,11-14,17-19,23-25H,10,15-16,29H2,1-3H3,(H,31,33)/t19-,23-,25-/m1/s1. The number of rotatable bonds is 8. The number of aromatic nitrogens is 1. The Labute approximate surface area is 211 Å². The fourth-order valence-electron chi connectivity index (χ4n) is 4.68. The van der Waals surface area contributed by atoms with E-state index >= 15 is 0 Å². The number of benzene rings is 2. The number of thiazole rings is 1. The van der Waals surface area contributed by atoms with Crippen LogP contribution in [0.1, 0.15) is 67.4 Å². The van der Waals surface area contributed by atoms with Crippen LogP contribution in [0, 0.1) is 5.92 Å². The summed E-state index contributed by atoms with van der Waals surface area (Å²) in [5.74, 6) is -0.380. The van der Waals surface area contributed by atoms with Gasteiger partial charge in [-0.3, -0.25) is 9.59 Å². The molecule has 0 spiro atoms. The zero-order valence-electron chi connectivity index (χ0n) is 20.6. The summed E-state index contributed by atoms with van der Waals surface area (Å²) in [6.45, 7) is 6.18. The molecule has 3 aromatic rings. The predicted octanol–water partition coefficient (Wildman–Crippen LogP) is 4.47. The van der Waals surface area contributed by atoms with Crippen molar-refractivity contribution in [1.82, 2.24) is 15.2 Å². The maximum absolute atomic E-state index is 13.6. The third kappa shape index (κ3) is 5.63. The molecule has 2 aromatic carbocycles. The van der Waals surface area contributed by atoms with Crippen LogP contribution in [0.3, 0.4) is 0 Å². The van der Waals surface area contributed by atoms with Crippen LogP contribution in [0.15, 0.2) is 66.0 Å². The molecular formula is C28H34N4O2S. The summed E-state index contributed by atoms with van der Waals surface area (Å²) in [7, 11) is 0. The number of carbonyl (C=O) groups is 2. The average Bonchev–Trinajstić information content (AvgIpc) is 3.53. The van der Waals surface area contributed by atoms with Crippen molar-refractivity contribution in [2.24, 2.45) is 11.7 Å². The van der Waals surface area contributed by atoms with E-state index in [9.17, 15) is 9.59 Å². The van der Waals surface area contributed by atoms with Gasteiger partial charge in [-0.2, -0.15) is 0 Å². The first-order valence-corrected chi connectivity index (χ1v) is 13.2. The van der Waals surface area contributed by atoms with E-state index in [1.54, 1.807) is 18.3 Å². The molecule has 184 valence electrons. The minimum atomic E-state index is -0.659. The van der Waals surface area contributed by atoms with Crippen LogP contribution in [0.25, 0.3) is 0 Å². The molecule has 3 N–H and O–H groups in total. The van der Waals surface area contributed by atoms with Gasteiger partial charge in [0.2, 0.25) is 11.8 Å². The van der Waals surface area contributed by atoms with Gasteiger partial charge in [-0.25, -0.2) is 4.98 Å². The van der Waals surface area contributed by atoms with Crippen LogP contribution in [0.4, 0.5) is 0 Å². The van der Waals surface area contributed by atoms with Crippen molar-refractivity contribution in [2.45, 2.75) is 57.7 Å². The molecular weight excluding hydrogens is 456 g/mol. The molecule has 2 amide bonds. The largest absolute Gasteiger partial charge is 0.343 e. The Bertz CT molecular complexity index is 1090. The van der Waals surface area contributed by atoms with Crippen LogP contribution in [-0.2, 0) is 9.59 Å². The van der Waals surface area contributed by atoms with Crippen molar-refractivity contribution in [3.8, 4) is 0 Å². The summed E-state index contributed by atoms with van der Waals surface area (Å²) >= 11 is 1.61. The van der Waals surface area contributed by atoms with Gasteiger partial charge in [0.1, 0.15) is 11.0 Å². The molecule has 1 aromatic heterocycles. The van der Waals surface area contributed by atoms with E-state index in [4.69, 9.17) is 10.7 Å². The Balaban J connectivity index is 1.61. The van der Waals surface area contributed by atoms with Crippen LogP contribution in [-0.4, -0.2) is 40.3 Å². The van der Waals surface area contributed by atoms with Crippen molar-refractivity contribution in [3.05, 3.63) is 87.9 Å². The first-order valence-electron chi connectivity index (χ1n) is 12.3. The Kier molecular flexibility index (Phi) is 7.98. The molecule has 0 unspecified atom stereocenters. The van der Waals surface area contributed by atoms with E-state index in [0.717, 1.165) is 23.5 Å². The van der Waals surface area contributed by atoms with Gasteiger partial charge < -0.3 is 16.0 Å². The highest BCUT2D eigenvalue weighted by atomic mass is 32.1. The summed E-state index contributed by atoms with van der Waals surface area (Å²) in [6.07, 6.45) is 1.78. The van der Waals surface area contributed by atoms with Crippen molar-refractivity contribution < 1.29 is 9.59 Å². The number of amides is 2. The Morgan fingerprint density at radius 1 is 1.03 bits per heavy atom. The first-order chi connectivity index (χ1) is 16.9. The van der Waals surface area contributed by atoms with Gasteiger partial charge in [-0.05, 0) is 36.8 Å². The van der Waals surface area contributed by atoms with Gasteiger partial charge >= 0.3 is 0 Å². The maximum atomic E-state index is 13.6. The molecule has 3 atom stereocenters. The van der Waals surface area contributed by atoms with Crippen LogP contribution in [0.5, 0.6) is 0 Å². The fraction of sp³-hybridized carbons (Fsp3) is 0.393. The average molecular weight is 491 g/mol. The zero-order valence-corrected chi connectivity index (χ0v) is 21.4. The van der Waals surface area contributed by atoms with Crippen molar-refractivity contribution in [3.63, 3.8) is 0 Å². The Morgan fingerprint density at radius 2 is 1.63 bits per heavy atom. The SMILES string of the molecule is CC(C)[C@@H](NC(=O)[C@@H](C)N)C(=O)N1CCC[C@@H]1c1nc(C(c2ccccc2)c2ccccc2)cs1. The van der Waals surface area contributed by atoms with Crippen LogP contribution in [0.2, 0.25) is 0 Å². The molecule has 35 heavy (non-hydrogen) atoms. The van der Waals surface area contributed by atoms with Gasteiger partial charge in [0, 0.05) is 11.9 Å². The number of hydrogen-bond donors (Lipinski definition) is 2. The van der Waals surface area contributed by atoms with E-state index < -0.39 is 12.1 Å². The summed E-state index contributed by atoms with van der Waals surface area (Å²) in [5.41, 5.74) is 9.11. The second-order valence-corrected chi connectivity index (χ2v) is 10.5. The van der Waals surface area contributed by atoms with E-state index in [-0.39, 0.29) is 29.7 Å². The molecule has 0 aliphatic carbocycles. The first kappa shape index (κ1) is 25.1. The highest BCUT2D eigenvalue weighted by Gasteiger charge is 2.37. The molecule has 2 heterocycles. The summed E-state index contributed by atoms with van der Waals surface area (Å²) in [4.78, 5) is 32.8. The lowest BCUT2D eigenvalue weighted by atomic mass is 9.89. The van der Waals surface area contributed by atoms with Gasteiger partial charge in [-0.1, -0.05) is 74.5 Å². The van der Waals surface area contributed by atoms with E-state index in [0.29, 0.717) is 6.54 Å². The quantitative estimate of drug-likeness (QED) is 0.487. The lowest BCUT2D eigenvalue weighted by Gasteiger charge is -2.30. The molecule has 6 nitrogen and oxygen atoms in total. The molecule has 0 radical (unpaired) electrons. The second kappa shape index (κ2) is 11.1. The Morgan fingerprint density at radius 3 is 2.17 bits per heavy atom. The normalized spacial score (nSPS) is 17.5. The zero-order chi connectivity index (χ0) is 24.9. The Hall–Kier alpha value is -3.03. The van der Waals surface area contributed by atoms with Gasteiger partial charge in [-0.15, -0.1) is 11.3 Å². The van der Waals surface area contributed by atoms with Gasteiger partial charge in [0.25, 0.3) is 0 Å². The molecule has 0 bridgehead atoms. The number of nitrogens with one attached hydrogen (secondary N) is 1. The van der Waals surface area contributed by atoms with Crippen LogP contribution >= 0.6 is 11.3 Å². The van der Waals surface area contributed by atoms with Crippen molar-refractivity contribution in [2.75, 3.05) is 6.54 Å². The number of nitrogens with two attached hydrogens (primary N) is 1. The number of nitrogens with zero attached hydrogens (tertiary/aromatic N) is 2. The highest BCUT2D eigenvalue weighted by Crippen LogP contribution is 2.38. The summed E-state index contributed by atoms with van der Waals surface area (Å²) in [5, 5.41) is 5.93. The van der Waals surface area contributed by atoms with Gasteiger partial charge in [0.05, 0.1) is 23.7 Å². The third-order valence-electron chi connectivity index (χ3n) is 6.57. The lowest BCUT2D eigenvalue weighted by Crippen LogP contribution is -2.54. The summed E-state index contributed by atoms with van der Waals surface area (Å²) in [6, 6.07) is 19.5. The fourth-order valence-corrected chi connectivity index (χ4v) is 5.67. The third-order valence-corrected chi connectivity index (χ3v) is 7.53. The smallest absolute Gasteiger partial charge is 0.246 e. The predicted molar refractivity (Wildman–Crippen MR) is 140 cm³/mol. The minimum absolute atomic E-state index is 0.0293. The molecule has 7 heteroatoms. The molecule has 1 saturated heterocycles. The monoisotopic (exact) mass is 490 g/mol. The molecule has 1 fully saturated rings. The topological polar surface area (TPSA) is 88.3 Å². The number of likely N-dealkylation sites (tertiary alicyclic amines) is 1. The molecule has 1 aliphatic rings. The van der Waals surface area contributed by atoms with Crippen molar-refractivity contribution >= 4 is 23.2 Å². The maximum Gasteiger partial charge on any atom is 0.246 e. The molecule has 0 saturated carbocycles. The minimum Gasteiger partial charge on any atom is -0.343 e.